The molecule has 1 nitrogen and oxygen atoms in total. The SMILES string of the molecule is c1ccc(-c2cccc(-c3ccc(N(c4ccc(-c5ccc6c(ccc7ccccc76)c5)cc4)c4cc(-c5ccc6ccccc6c5)ccc4-c4ccc5ccccc5c4)cc3)c2)cc1. The summed E-state index contributed by atoms with van der Waals surface area (Å²) in [7, 11) is 0. The molecule has 0 radical (unpaired) electrons. The third kappa shape index (κ3) is 7.30. The van der Waals surface area contributed by atoms with Crippen molar-refractivity contribution >= 4 is 60.2 Å². The van der Waals surface area contributed by atoms with Gasteiger partial charge >= 0.3 is 0 Å². The number of hydrogen-bond donors (Lipinski definition) is 0. The summed E-state index contributed by atoms with van der Waals surface area (Å²) >= 11 is 0. The molecule has 0 N–H and O–H groups in total. The van der Waals surface area contributed by atoms with Crippen LogP contribution in [0, 0.1) is 0 Å². The summed E-state index contributed by atoms with van der Waals surface area (Å²) in [6.45, 7) is 0. The predicted octanol–water partition coefficient (Wildman–Crippen LogP) is 18.1. The van der Waals surface area contributed by atoms with E-state index in [2.05, 4.69) is 266 Å². The van der Waals surface area contributed by atoms with E-state index in [0.717, 1.165) is 28.2 Å². The molecule has 65 heavy (non-hydrogen) atoms. The second-order valence-electron chi connectivity index (χ2n) is 17.0. The Kier molecular flexibility index (Phi) is 9.58. The van der Waals surface area contributed by atoms with Gasteiger partial charge < -0.3 is 4.90 Å². The molecule has 1 heteroatoms. The Morgan fingerprint density at radius 3 is 1.28 bits per heavy atom. The van der Waals surface area contributed by atoms with Crippen LogP contribution in [0.25, 0.3) is 98.7 Å². The van der Waals surface area contributed by atoms with E-state index in [4.69, 9.17) is 0 Å². The molecule has 0 saturated carbocycles. The van der Waals surface area contributed by atoms with Gasteiger partial charge in [0.1, 0.15) is 0 Å². The van der Waals surface area contributed by atoms with E-state index in [9.17, 15) is 0 Å². The fourth-order valence-electron chi connectivity index (χ4n) is 9.60. The van der Waals surface area contributed by atoms with Crippen molar-refractivity contribution in [1.29, 1.82) is 0 Å². The van der Waals surface area contributed by atoms with Gasteiger partial charge in [-0.3, -0.25) is 0 Å². The summed E-state index contributed by atoms with van der Waals surface area (Å²) in [4.78, 5) is 2.44. The van der Waals surface area contributed by atoms with Gasteiger partial charge in [-0.2, -0.15) is 0 Å². The third-order valence-corrected chi connectivity index (χ3v) is 13.0. The second kappa shape index (κ2) is 16.3. The summed E-state index contributed by atoms with van der Waals surface area (Å²) in [6.07, 6.45) is 0. The molecule has 0 amide bonds. The maximum atomic E-state index is 2.44. The number of nitrogens with zero attached hydrogens (tertiary/aromatic N) is 1. The first kappa shape index (κ1) is 38.2. The first-order valence-electron chi connectivity index (χ1n) is 22.4. The fourth-order valence-corrected chi connectivity index (χ4v) is 9.60. The highest BCUT2D eigenvalue weighted by molar-refractivity contribution is 6.08. The van der Waals surface area contributed by atoms with Crippen molar-refractivity contribution in [2.24, 2.45) is 0 Å². The molecular weight excluding hydrogens is 783 g/mol. The predicted molar refractivity (Wildman–Crippen MR) is 278 cm³/mol. The number of hydrogen-bond acceptors (Lipinski definition) is 1. The van der Waals surface area contributed by atoms with Crippen LogP contribution in [0.3, 0.4) is 0 Å². The van der Waals surface area contributed by atoms with E-state index in [0.29, 0.717) is 0 Å². The van der Waals surface area contributed by atoms with Crippen LogP contribution in [0.5, 0.6) is 0 Å². The maximum absolute atomic E-state index is 2.44. The lowest BCUT2D eigenvalue weighted by Crippen LogP contribution is -2.11. The summed E-state index contributed by atoms with van der Waals surface area (Å²) in [5, 5.41) is 9.97. The third-order valence-electron chi connectivity index (χ3n) is 13.0. The van der Waals surface area contributed by atoms with Crippen LogP contribution >= 0.6 is 0 Å². The van der Waals surface area contributed by atoms with Gasteiger partial charge in [-0.05, 0) is 148 Å². The van der Waals surface area contributed by atoms with Crippen LogP contribution in [-0.4, -0.2) is 0 Å². The molecule has 0 spiro atoms. The molecule has 12 aromatic rings. The maximum Gasteiger partial charge on any atom is 0.0546 e. The van der Waals surface area contributed by atoms with E-state index in [-0.39, 0.29) is 0 Å². The molecule has 0 fully saturated rings. The molecule has 0 aromatic heterocycles. The van der Waals surface area contributed by atoms with Crippen molar-refractivity contribution in [2.75, 3.05) is 4.90 Å². The zero-order valence-electron chi connectivity index (χ0n) is 35.8. The largest absolute Gasteiger partial charge is 0.310 e. The first-order chi connectivity index (χ1) is 32.2. The summed E-state index contributed by atoms with van der Waals surface area (Å²) in [6, 6.07) is 95.5. The summed E-state index contributed by atoms with van der Waals surface area (Å²) < 4.78 is 0. The molecule has 12 aromatic carbocycles. The van der Waals surface area contributed by atoms with E-state index >= 15 is 0 Å². The van der Waals surface area contributed by atoms with Gasteiger partial charge in [-0.1, -0.05) is 206 Å². The molecule has 0 saturated heterocycles. The molecule has 12 rings (SSSR count). The van der Waals surface area contributed by atoms with Crippen molar-refractivity contribution in [3.8, 4) is 55.6 Å². The van der Waals surface area contributed by atoms with Gasteiger partial charge in [0.2, 0.25) is 0 Å². The van der Waals surface area contributed by atoms with Gasteiger partial charge in [-0.25, -0.2) is 0 Å². The highest BCUT2D eigenvalue weighted by Gasteiger charge is 2.20. The smallest absolute Gasteiger partial charge is 0.0546 e. The summed E-state index contributed by atoms with van der Waals surface area (Å²) in [5.41, 5.74) is 15.1. The Bertz CT molecular complexity index is 3700. The Morgan fingerprint density at radius 2 is 0.600 bits per heavy atom. The Balaban J connectivity index is 1.02. The fraction of sp³-hybridized carbons (Fsp3) is 0. The molecule has 0 aliphatic rings. The van der Waals surface area contributed by atoms with E-state index in [1.54, 1.807) is 0 Å². The van der Waals surface area contributed by atoms with Gasteiger partial charge in [0.15, 0.2) is 0 Å². The van der Waals surface area contributed by atoms with E-state index in [1.807, 2.05) is 0 Å². The number of rotatable bonds is 8. The molecule has 0 bridgehead atoms. The van der Waals surface area contributed by atoms with E-state index < -0.39 is 0 Å². The van der Waals surface area contributed by atoms with Gasteiger partial charge in [0.25, 0.3) is 0 Å². The lowest BCUT2D eigenvalue weighted by Gasteiger charge is -2.29. The molecule has 0 unspecified atom stereocenters. The average Bonchev–Trinajstić information content (AvgIpc) is 3.39. The monoisotopic (exact) mass is 825 g/mol. The quantitative estimate of drug-likeness (QED) is 0.138. The summed E-state index contributed by atoms with van der Waals surface area (Å²) in [5.74, 6) is 0. The van der Waals surface area contributed by atoms with Crippen molar-refractivity contribution in [2.45, 2.75) is 0 Å². The molecule has 0 aliphatic carbocycles. The normalized spacial score (nSPS) is 11.4. The minimum atomic E-state index is 1.08. The zero-order valence-corrected chi connectivity index (χ0v) is 35.8. The van der Waals surface area contributed by atoms with Crippen LogP contribution < -0.4 is 4.90 Å². The number of benzene rings is 12. The minimum Gasteiger partial charge on any atom is -0.310 e. The van der Waals surface area contributed by atoms with Crippen molar-refractivity contribution in [1.82, 2.24) is 0 Å². The van der Waals surface area contributed by atoms with Gasteiger partial charge in [-0.15, -0.1) is 0 Å². The van der Waals surface area contributed by atoms with E-state index in [1.165, 1.54) is 87.6 Å². The van der Waals surface area contributed by atoms with Crippen LogP contribution in [0.1, 0.15) is 0 Å². The van der Waals surface area contributed by atoms with Crippen LogP contribution in [0.4, 0.5) is 17.1 Å². The number of fused-ring (bicyclic) bond motifs is 5. The Morgan fingerprint density at radius 1 is 0.200 bits per heavy atom. The second-order valence-corrected chi connectivity index (χ2v) is 17.0. The topological polar surface area (TPSA) is 3.24 Å². The standard InChI is InChI=1S/C64H43N/c1-2-11-44(12-3-1)52-18-10-19-53(39-52)47-27-33-59(34-28-47)65(60-35-29-48(30-36-60)54-31-37-62-57(42-54)26-23-49-15-8-9-20-61(49)62)64-43-56(55-24-21-45-13-4-6-16-50(45)40-55)32-38-63(64)58-25-22-46-14-5-7-17-51(46)41-58/h1-43H. The molecule has 0 aliphatic heterocycles. The molecule has 0 atom stereocenters. The molecule has 304 valence electrons. The first-order valence-corrected chi connectivity index (χ1v) is 22.4. The lowest BCUT2D eigenvalue weighted by atomic mass is 9.94. The van der Waals surface area contributed by atoms with Crippen molar-refractivity contribution < 1.29 is 0 Å². The zero-order chi connectivity index (χ0) is 43.1. The van der Waals surface area contributed by atoms with Crippen LogP contribution in [-0.2, 0) is 0 Å². The Labute approximate surface area is 379 Å². The minimum absolute atomic E-state index is 1.08. The lowest BCUT2D eigenvalue weighted by molar-refractivity contribution is 1.28. The van der Waals surface area contributed by atoms with Gasteiger partial charge in [0, 0.05) is 16.9 Å². The molecule has 0 heterocycles. The van der Waals surface area contributed by atoms with Crippen LogP contribution in [0.15, 0.2) is 261 Å². The van der Waals surface area contributed by atoms with Gasteiger partial charge in [0.05, 0.1) is 5.69 Å². The van der Waals surface area contributed by atoms with Crippen molar-refractivity contribution in [3.63, 3.8) is 0 Å². The highest BCUT2D eigenvalue weighted by atomic mass is 15.1. The van der Waals surface area contributed by atoms with Crippen molar-refractivity contribution in [3.05, 3.63) is 261 Å². The van der Waals surface area contributed by atoms with Crippen LogP contribution in [0.2, 0.25) is 0 Å². The molecular formula is C64H43N. The highest BCUT2D eigenvalue weighted by Crippen LogP contribution is 2.45. The number of anilines is 3. The Hall–Kier alpha value is -8.52. The average molecular weight is 826 g/mol.